The highest BCUT2D eigenvalue weighted by atomic mass is 35.7. The summed E-state index contributed by atoms with van der Waals surface area (Å²) in [5.41, 5.74) is 0.848. The van der Waals surface area contributed by atoms with Gasteiger partial charge in [0.25, 0.3) is 0 Å². The van der Waals surface area contributed by atoms with Crippen molar-refractivity contribution in [3.8, 4) is 0 Å². The Morgan fingerprint density at radius 3 is 2.50 bits per heavy atom. The van der Waals surface area contributed by atoms with Gasteiger partial charge in [0, 0.05) is 17.2 Å². The van der Waals surface area contributed by atoms with Crippen molar-refractivity contribution in [3.05, 3.63) is 47.9 Å². The Bertz CT molecular complexity index is 529. The maximum absolute atomic E-state index is 11.5. The first-order valence-electron chi connectivity index (χ1n) is 5.23. The molecule has 0 N–H and O–H groups in total. The van der Waals surface area contributed by atoms with E-state index in [1.807, 2.05) is 30.3 Å². The largest absolute Gasteiger partial charge is 0.462 e. The van der Waals surface area contributed by atoms with Crippen LogP contribution in [0.1, 0.15) is 5.56 Å². The zero-order valence-corrected chi connectivity index (χ0v) is 11.0. The molecule has 5 nitrogen and oxygen atoms in total. The molecule has 2 rings (SSSR count). The van der Waals surface area contributed by atoms with Crippen molar-refractivity contribution in [2.24, 2.45) is 0 Å². The second kappa shape index (κ2) is 5.60. The first kappa shape index (κ1) is 13.2. The first-order valence-corrected chi connectivity index (χ1v) is 7.49. The average Bonchev–Trinajstić information content (AvgIpc) is 2.81. The molecule has 0 bridgehead atoms. The third-order valence-corrected chi connectivity index (χ3v) is 3.83. The lowest BCUT2D eigenvalue weighted by Gasteiger charge is -2.18. The fourth-order valence-electron chi connectivity index (χ4n) is 1.52. The highest BCUT2D eigenvalue weighted by Crippen LogP contribution is 2.17. The molecule has 0 unspecified atom stereocenters. The molecule has 0 fully saturated rings. The maximum atomic E-state index is 11.5. The summed E-state index contributed by atoms with van der Waals surface area (Å²) in [6.45, 7) is 0.352. The van der Waals surface area contributed by atoms with Crippen LogP contribution in [0, 0.1) is 0 Å². The van der Waals surface area contributed by atoms with Crippen molar-refractivity contribution in [1.82, 2.24) is 4.31 Å². The van der Waals surface area contributed by atoms with E-state index in [0.717, 1.165) is 9.87 Å². The van der Waals surface area contributed by atoms with Gasteiger partial charge in [-0.15, -0.1) is 0 Å². The molecule has 1 heterocycles. The summed E-state index contributed by atoms with van der Waals surface area (Å²) in [6, 6.07) is 9.19. The highest BCUT2D eigenvalue weighted by Gasteiger charge is 2.23. The van der Waals surface area contributed by atoms with E-state index in [1.165, 1.54) is 6.26 Å². The Morgan fingerprint density at radius 1 is 1.22 bits per heavy atom. The van der Waals surface area contributed by atoms with E-state index in [0.29, 0.717) is 5.76 Å². The molecule has 1 aliphatic rings. The minimum Gasteiger partial charge on any atom is -0.462 e. The fraction of sp³-hybridized carbons (Fsp3) is 0.273. The first-order chi connectivity index (χ1) is 8.55. The van der Waals surface area contributed by atoms with Crippen LogP contribution in [-0.4, -0.2) is 26.1 Å². The summed E-state index contributed by atoms with van der Waals surface area (Å²) < 4.78 is 34.1. The fourth-order valence-corrected chi connectivity index (χ4v) is 2.40. The number of benzene rings is 1. The number of halogens is 1. The number of hydrogen-bond donors (Lipinski definition) is 0. The summed E-state index contributed by atoms with van der Waals surface area (Å²) >= 11 is 0. The Morgan fingerprint density at radius 2 is 1.94 bits per heavy atom. The van der Waals surface area contributed by atoms with Crippen molar-refractivity contribution in [3.63, 3.8) is 0 Å². The van der Waals surface area contributed by atoms with Gasteiger partial charge in [-0.2, -0.15) is 12.7 Å². The maximum Gasteiger partial charge on any atom is 0.300 e. The zero-order chi connectivity index (χ0) is 13.0. The second-order valence-corrected chi connectivity index (χ2v) is 6.22. The Kier molecular flexibility index (Phi) is 4.11. The normalized spacial score (nSPS) is 15.1. The Labute approximate surface area is 110 Å². The van der Waals surface area contributed by atoms with Crippen LogP contribution in [0.25, 0.3) is 0 Å². The molecule has 0 spiro atoms. The standard InChI is InChI=1S/C11H12ClNO4S/c12-18(14,15)13(7-11-8-16-9-17-11)6-10-4-2-1-3-5-10/h1-5,8H,6-7,9H2. The quantitative estimate of drug-likeness (QED) is 0.776. The molecular weight excluding hydrogens is 278 g/mol. The minimum atomic E-state index is -3.82. The predicted octanol–water partition coefficient (Wildman–Crippen LogP) is 1.82. The number of rotatable bonds is 5. The van der Waals surface area contributed by atoms with Gasteiger partial charge in [-0.1, -0.05) is 30.3 Å². The summed E-state index contributed by atoms with van der Waals surface area (Å²) in [6.07, 6.45) is 1.39. The van der Waals surface area contributed by atoms with Gasteiger partial charge in [0.2, 0.25) is 6.79 Å². The molecule has 0 radical (unpaired) electrons. The van der Waals surface area contributed by atoms with Crippen LogP contribution in [-0.2, 0) is 25.3 Å². The van der Waals surface area contributed by atoms with E-state index in [1.54, 1.807) is 0 Å². The van der Waals surface area contributed by atoms with Crippen molar-refractivity contribution < 1.29 is 17.9 Å². The minimum absolute atomic E-state index is 0.0563. The topological polar surface area (TPSA) is 55.8 Å². The van der Waals surface area contributed by atoms with Gasteiger partial charge in [-0.05, 0) is 5.56 Å². The molecule has 7 heteroatoms. The van der Waals surface area contributed by atoms with E-state index >= 15 is 0 Å². The van der Waals surface area contributed by atoms with Crippen LogP contribution in [0.4, 0.5) is 0 Å². The lowest BCUT2D eigenvalue weighted by atomic mass is 10.2. The van der Waals surface area contributed by atoms with Gasteiger partial charge in [0.1, 0.15) is 6.26 Å². The van der Waals surface area contributed by atoms with Gasteiger partial charge < -0.3 is 9.47 Å². The summed E-state index contributed by atoms with van der Waals surface area (Å²) in [7, 11) is 1.58. The van der Waals surface area contributed by atoms with Crippen molar-refractivity contribution in [1.29, 1.82) is 0 Å². The van der Waals surface area contributed by atoms with Crippen molar-refractivity contribution >= 4 is 19.9 Å². The summed E-state index contributed by atoms with van der Waals surface area (Å²) in [5, 5.41) is 0. The van der Waals surface area contributed by atoms with Crippen LogP contribution in [0.15, 0.2) is 42.4 Å². The van der Waals surface area contributed by atoms with Crippen LogP contribution in [0.5, 0.6) is 0 Å². The molecular formula is C11H12ClNO4S. The van der Waals surface area contributed by atoms with Crippen LogP contribution < -0.4 is 0 Å². The molecule has 98 valence electrons. The predicted molar refractivity (Wildman–Crippen MR) is 66.7 cm³/mol. The molecule has 0 atom stereocenters. The van der Waals surface area contributed by atoms with E-state index in [2.05, 4.69) is 0 Å². The number of nitrogens with zero attached hydrogens (tertiary/aromatic N) is 1. The SMILES string of the molecule is O=S(=O)(Cl)N(CC1=COCO1)Cc1ccccc1. The zero-order valence-electron chi connectivity index (χ0n) is 9.45. The number of ether oxygens (including phenoxy) is 2. The van der Waals surface area contributed by atoms with Gasteiger partial charge in [-0.25, -0.2) is 0 Å². The Hall–Kier alpha value is -1.24. The summed E-state index contributed by atoms with van der Waals surface area (Å²) in [4.78, 5) is 0. The van der Waals surface area contributed by atoms with Crippen LogP contribution in [0.3, 0.4) is 0 Å². The molecule has 18 heavy (non-hydrogen) atoms. The lowest BCUT2D eigenvalue weighted by Crippen LogP contribution is -2.29. The van der Waals surface area contributed by atoms with Crippen LogP contribution in [0.2, 0.25) is 0 Å². The molecule has 0 saturated carbocycles. The monoisotopic (exact) mass is 289 g/mol. The third-order valence-electron chi connectivity index (χ3n) is 2.37. The van der Waals surface area contributed by atoms with Crippen molar-refractivity contribution in [2.75, 3.05) is 13.3 Å². The summed E-state index contributed by atoms with van der Waals surface area (Å²) in [5.74, 6) is 0.440. The van der Waals surface area contributed by atoms with Gasteiger partial charge in [-0.3, -0.25) is 0 Å². The molecule has 0 aromatic heterocycles. The van der Waals surface area contributed by atoms with Crippen molar-refractivity contribution in [2.45, 2.75) is 6.54 Å². The van der Waals surface area contributed by atoms with E-state index in [9.17, 15) is 8.42 Å². The van der Waals surface area contributed by atoms with Crippen LogP contribution >= 0.6 is 10.7 Å². The van der Waals surface area contributed by atoms with E-state index < -0.39 is 9.24 Å². The molecule has 0 amide bonds. The smallest absolute Gasteiger partial charge is 0.300 e. The lowest BCUT2D eigenvalue weighted by molar-refractivity contribution is 0.0762. The molecule has 1 aliphatic heterocycles. The second-order valence-electron chi connectivity index (χ2n) is 3.71. The average molecular weight is 290 g/mol. The number of hydrogen-bond acceptors (Lipinski definition) is 4. The molecule has 1 aromatic carbocycles. The van der Waals surface area contributed by atoms with E-state index in [4.69, 9.17) is 20.2 Å². The van der Waals surface area contributed by atoms with E-state index in [-0.39, 0.29) is 19.9 Å². The molecule has 0 saturated heterocycles. The highest BCUT2D eigenvalue weighted by molar-refractivity contribution is 8.11. The van der Waals surface area contributed by atoms with Gasteiger partial charge in [0.05, 0.1) is 6.54 Å². The van der Waals surface area contributed by atoms with Gasteiger partial charge >= 0.3 is 9.24 Å². The van der Waals surface area contributed by atoms with Gasteiger partial charge in [0.15, 0.2) is 5.76 Å². The molecule has 0 aliphatic carbocycles. The molecule has 1 aromatic rings. The third kappa shape index (κ3) is 3.63. The Balaban J connectivity index is 2.11.